The van der Waals surface area contributed by atoms with Crippen LogP contribution in [0.2, 0.25) is 0 Å². The molecule has 26 heavy (non-hydrogen) atoms. The van der Waals surface area contributed by atoms with Crippen LogP contribution in [0.1, 0.15) is 90.9 Å². The molecule has 0 aromatic carbocycles. The van der Waals surface area contributed by atoms with E-state index in [0.717, 1.165) is 51.4 Å². The second-order valence-corrected chi connectivity index (χ2v) is 6.74. The highest BCUT2D eigenvalue weighted by Crippen LogP contribution is 2.02. The third-order valence-corrected chi connectivity index (χ3v) is 4.05. The van der Waals surface area contributed by atoms with Crippen LogP contribution in [0.4, 0.5) is 0 Å². The van der Waals surface area contributed by atoms with Gasteiger partial charge >= 0.3 is 0 Å². The summed E-state index contributed by atoms with van der Waals surface area (Å²) in [5.74, 6) is 0.301. The molecule has 1 heteroatoms. The molecule has 0 aliphatic heterocycles. The molecule has 0 N–H and O–H groups in total. The van der Waals surface area contributed by atoms with Crippen molar-refractivity contribution in [3.05, 3.63) is 60.8 Å². The maximum Gasteiger partial charge on any atom is 0.129 e. The van der Waals surface area contributed by atoms with Crippen molar-refractivity contribution in [1.82, 2.24) is 0 Å². The van der Waals surface area contributed by atoms with Gasteiger partial charge in [0.25, 0.3) is 0 Å². The average molecular weight is 357 g/mol. The number of hydrogen-bond acceptors (Lipinski definition) is 1. The average Bonchev–Trinajstić information content (AvgIpc) is 2.62. The summed E-state index contributed by atoms with van der Waals surface area (Å²) in [4.78, 5) is 10.8. The van der Waals surface area contributed by atoms with E-state index in [0.29, 0.717) is 5.78 Å². The van der Waals surface area contributed by atoms with Gasteiger partial charge in [-0.25, -0.2) is 0 Å². The van der Waals surface area contributed by atoms with E-state index in [1.807, 2.05) is 0 Å². The predicted octanol–water partition coefficient (Wildman–Crippen LogP) is 8.06. The van der Waals surface area contributed by atoms with E-state index in [-0.39, 0.29) is 0 Å². The van der Waals surface area contributed by atoms with E-state index < -0.39 is 0 Å². The van der Waals surface area contributed by atoms with Gasteiger partial charge in [0.1, 0.15) is 5.78 Å². The van der Waals surface area contributed by atoms with Gasteiger partial charge in [0.05, 0.1) is 0 Å². The first kappa shape index (κ1) is 24.4. The third-order valence-electron chi connectivity index (χ3n) is 4.05. The highest BCUT2D eigenvalue weighted by molar-refractivity contribution is 5.75. The van der Waals surface area contributed by atoms with Gasteiger partial charge in [-0.2, -0.15) is 0 Å². The van der Waals surface area contributed by atoms with E-state index >= 15 is 0 Å². The first-order valence-electron chi connectivity index (χ1n) is 10.5. The molecule has 1 nitrogen and oxygen atoms in total. The van der Waals surface area contributed by atoms with Gasteiger partial charge in [-0.15, -0.1) is 0 Å². The molecule has 0 bridgehead atoms. The summed E-state index contributed by atoms with van der Waals surface area (Å²) in [6.07, 6.45) is 35.6. The first-order valence-corrected chi connectivity index (χ1v) is 10.5. The van der Waals surface area contributed by atoms with Crippen molar-refractivity contribution in [2.24, 2.45) is 0 Å². The van der Waals surface area contributed by atoms with Crippen LogP contribution in [-0.4, -0.2) is 5.78 Å². The standard InChI is InChI=1S/C25H40O/c1-3-4-5-6-7-8-9-10-11-12-13-14-15-16-17-18-19-20-21-22-23-24-25(2)26/h7-8,10-11,13-14,16-17,19-20H,3-6,9,12,15,18,21-24H2,1-2H3/b8-7-,11-10-,14-13-,17-16-,20-19-. The lowest BCUT2D eigenvalue weighted by atomic mass is 10.1. The number of carbonyl (C=O) groups excluding carboxylic acids is 1. The molecule has 0 aromatic heterocycles. The molecule has 0 aliphatic rings. The minimum atomic E-state index is 0.301. The number of allylic oxidation sites excluding steroid dienone is 10. The normalized spacial score (nSPS) is 12.7. The van der Waals surface area contributed by atoms with Crippen molar-refractivity contribution in [3.8, 4) is 0 Å². The summed E-state index contributed by atoms with van der Waals surface area (Å²) in [5, 5.41) is 0. The van der Waals surface area contributed by atoms with Crippen LogP contribution >= 0.6 is 0 Å². The van der Waals surface area contributed by atoms with Crippen LogP contribution in [0.5, 0.6) is 0 Å². The zero-order chi connectivity index (χ0) is 19.1. The van der Waals surface area contributed by atoms with Gasteiger partial charge in [-0.05, 0) is 64.7 Å². The highest BCUT2D eigenvalue weighted by Gasteiger charge is 1.91. The predicted molar refractivity (Wildman–Crippen MR) is 117 cm³/mol. The molecule has 0 saturated heterocycles. The minimum absolute atomic E-state index is 0.301. The van der Waals surface area contributed by atoms with Crippen LogP contribution in [0.15, 0.2) is 60.8 Å². The van der Waals surface area contributed by atoms with Gasteiger partial charge in [-0.3, -0.25) is 0 Å². The monoisotopic (exact) mass is 356 g/mol. The summed E-state index contributed by atoms with van der Waals surface area (Å²) < 4.78 is 0. The molecule has 0 spiro atoms. The van der Waals surface area contributed by atoms with Crippen LogP contribution in [-0.2, 0) is 4.79 Å². The summed E-state index contributed by atoms with van der Waals surface area (Å²) in [6, 6.07) is 0. The summed E-state index contributed by atoms with van der Waals surface area (Å²) in [7, 11) is 0. The van der Waals surface area contributed by atoms with Crippen LogP contribution in [0, 0.1) is 0 Å². The van der Waals surface area contributed by atoms with E-state index in [1.165, 1.54) is 25.7 Å². The number of Topliss-reactive ketones (excluding diaryl/α,β-unsaturated/α-hetero) is 1. The lowest BCUT2D eigenvalue weighted by Crippen LogP contribution is -1.88. The Bertz CT molecular complexity index is 449. The topological polar surface area (TPSA) is 17.1 Å². The molecule has 0 radical (unpaired) electrons. The first-order chi connectivity index (χ1) is 12.8. The molecular weight excluding hydrogens is 316 g/mol. The second-order valence-electron chi connectivity index (χ2n) is 6.74. The van der Waals surface area contributed by atoms with Crippen molar-refractivity contribution in [2.45, 2.75) is 90.9 Å². The Kier molecular flexibility index (Phi) is 20.1. The summed E-state index contributed by atoms with van der Waals surface area (Å²) in [5.41, 5.74) is 0. The molecule has 0 saturated carbocycles. The highest BCUT2D eigenvalue weighted by atomic mass is 16.1. The Morgan fingerprint density at radius 2 is 0.962 bits per heavy atom. The second kappa shape index (κ2) is 21.4. The Balaban J connectivity index is 3.44. The smallest absolute Gasteiger partial charge is 0.129 e. The van der Waals surface area contributed by atoms with Crippen LogP contribution in [0.3, 0.4) is 0 Å². The Hall–Kier alpha value is -1.63. The fourth-order valence-corrected chi connectivity index (χ4v) is 2.47. The lowest BCUT2D eigenvalue weighted by Gasteiger charge is -1.93. The molecule has 0 unspecified atom stereocenters. The molecule has 146 valence electrons. The Labute approximate surface area is 162 Å². The summed E-state index contributed by atoms with van der Waals surface area (Å²) >= 11 is 0. The zero-order valence-corrected chi connectivity index (χ0v) is 17.2. The van der Waals surface area contributed by atoms with Crippen molar-refractivity contribution in [3.63, 3.8) is 0 Å². The van der Waals surface area contributed by atoms with Gasteiger partial charge in [-0.1, -0.05) is 80.5 Å². The molecule has 0 aliphatic carbocycles. The largest absolute Gasteiger partial charge is 0.300 e. The van der Waals surface area contributed by atoms with Gasteiger partial charge in [0, 0.05) is 6.42 Å². The van der Waals surface area contributed by atoms with Gasteiger partial charge in [0.15, 0.2) is 0 Å². The molecule has 0 rings (SSSR count). The third kappa shape index (κ3) is 22.4. The molecule has 0 fully saturated rings. The maximum atomic E-state index is 10.8. The van der Waals surface area contributed by atoms with Crippen molar-refractivity contribution in [2.75, 3.05) is 0 Å². The fraction of sp³-hybridized carbons (Fsp3) is 0.560. The summed E-state index contributed by atoms with van der Waals surface area (Å²) in [6.45, 7) is 3.91. The zero-order valence-electron chi connectivity index (χ0n) is 17.2. The van der Waals surface area contributed by atoms with Crippen LogP contribution in [0.25, 0.3) is 0 Å². The van der Waals surface area contributed by atoms with Crippen molar-refractivity contribution < 1.29 is 4.79 Å². The van der Waals surface area contributed by atoms with E-state index in [2.05, 4.69) is 67.7 Å². The lowest BCUT2D eigenvalue weighted by molar-refractivity contribution is -0.117. The Morgan fingerprint density at radius 3 is 1.35 bits per heavy atom. The van der Waals surface area contributed by atoms with Crippen LogP contribution < -0.4 is 0 Å². The SMILES string of the molecule is CCCCC/C=C\C/C=C\C/C=C\C/C=C\C/C=C\CCCCC(C)=O. The van der Waals surface area contributed by atoms with Gasteiger partial charge < -0.3 is 4.79 Å². The molecular formula is C25H40O. The Morgan fingerprint density at radius 1 is 0.577 bits per heavy atom. The maximum absolute atomic E-state index is 10.8. The number of carbonyl (C=O) groups is 1. The number of unbranched alkanes of at least 4 members (excludes halogenated alkanes) is 5. The number of rotatable bonds is 17. The van der Waals surface area contributed by atoms with Crippen molar-refractivity contribution in [1.29, 1.82) is 0 Å². The van der Waals surface area contributed by atoms with Gasteiger partial charge in [0.2, 0.25) is 0 Å². The van der Waals surface area contributed by atoms with E-state index in [4.69, 9.17) is 0 Å². The molecule has 0 atom stereocenters. The number of hydrogen-bond donors (Lipinski definition) is 0. The molecule has 0 amide bonds. The fourth-order valence-electron chi connectivity index (χ4n) is 2.47. The quantitative estimate of drug-likeness (QED) is 0.190. The molecule has 0 heterocycles. The van der Waals surface area contributed by atoms with E-state index in [9.17, 15) is 4.79 Å². The van der Waals surface area contributed by atoms with E-state index in [1.54, 1.807) is 6.92 Å². The van der Waals surface area contributed by atoms with Crippen molar-refractivity contribution >= 4 is 5.78 Å². The minimum Gasteiger partial charge on any atom is -0.300 e. The number of ketones is 1. The molecule has 0 aromatic rings.